The van der Waals surface area contributed by atoms with Crippen LogP contribution >= 0.6 is 11.8 Å². The normalized spacial score (nSPS) is 15.2. The molecule has 60 heavy (non-hydrogen) atoms. The molecule has 1 aromatic heterocycles. The van der Waals surface area contributed by atoms with Crippen molar-refractivity contribution in [1.29, 1.82) is 5.41 Å². The molecule has 0 radical (unpaired) electrons. The second-order valence-corrected chi connectivity index (χ2v) is 16.1. The monoisotopic (exact) mass is 789 g/mol. The number of pyridine rings is 1. The van der Waals surface area contributed by atoms with E-state index in [4.69, 9.17) is 17.0 Å². The van der Waals surface area contributed by atoms with Crippen LogP contribution in [0.1, 0.15) is 35.1 Å². The summed E-state index contributed by atoms with van der Waals surface area (Å²) in [7, 11) is 0. The number of allylic oxidation sites excluding steroid dienone is 12. The van der Waals surface area contributed by atoms with Crippen LogP contribution in [0, 0.1) is 5.41 Å². The topological polar surface area (TPSA) is 49.1 Å². The van der Waals surface area contributed by atoms with Crippen molar-refractivity contribution in [2.24, 2.45) is 4.99 Å². The Balaban J connectivity index is 1.13. The molecular weight excluding hydrogens is 747 g/mol. The largest absolute Gasteiger partial charge is 0.300 e. The first-order valence-electron chi connectivity index (χ1n) is 20.1. The molecule has 6 aromatic rings. The fourth-order valence-electron chi connectivity index (χ4n) is 8.70. The van der Waals surface area contributed by atoms with E-state index in [0.717, 1.165) is 72.4 Å². The molecule has 0 fully saturated rings. The maximum absolute atomic E-state index is 9.08. The molecule has 1 N–H and O–H groups in total. The molecule has 1 spiro atoms. The lowest BCUT2D eigenvalue weighted by atomic mass is 9.66. The maximum Gasteiger partial charge on any atom is 0.0735 e. The predicted octanol–water partition coefficient (Wildman–Crippen LogP) is 14.4. The SMILES string of the molecule is C=CC1=C(C(=C)C(=C)/C=C\C(=C)C(=N)/C=C(\N=CC2=CCCC=C2)c2ccccc2)Sc2c(-c3cccc4ccncc34)cccc2C12c1ccccc1-c1ccccc12. The van der Waals surface area contributed by atoms with E-state index >= 15 is 0 Å². The van der Waals surface area contributed by atoms with Gasteiger partial charge in [-0.05, 0) is 97.2 Å². The quantitative estimate of drug-likeness (QED) is 0.105. The van der Waals surface area contributed by atoms with Crippen LogP contribution in [0.2, 0.25) is 0 Å². The minimum absolute atomic E-state index is 0.258. The van der Waals surface area contributed by atoms with E-state index in [2.05, 4.69) is 134 Å². The lowest BCUT2D eigenvalue weighted by Gasteiger charge is -2.41. The van der Waals surface area contributed by atoms with Gasteiger partial charge in [0.25, 0.3) is 0 Å². The van der Waals surface area contributed by atoms with Gasteiger partial charge in [-0.1, -0.05) is 190 Å². The van der Waals surface area contributed by atoms with E-state index < -0.39 is 5.41 Å². The first-order chi connectivity index (χ1) is 29.4. The van der Waals surface area contributed by atoms with Gasteiger partial charge in [-0.25, -0.2) is 0 Å². The van der Waals surface area contributed by atoms with Crippen LogP contribution in [0.4, 0.5) is 0 Å². The average Bonchev–Trinajstić information content (AvgIpc) is 3.59. The molecule has 3 nitrogen and oxygen atoms in total. The highest BCUT2D eigenvalue weighted by Crippen LogP contribution is 2.64. The van der Waals surface area contributed by atoms with Gasteiger partial charge in [-0.3, -0.25) is 9.98 Å². The number of aromatic nitrogens is 1. The zero-order valence-electron chi connectivity index (χ0n) is 33.4. The lowest BCUT2D eigenvalue weighted by molar-refractivity contribution is 0.741. The molecule has 0 bridgehead atoms. The van der Waals surface area contributed by atoms with Crippen LogP contribution < -0.4 is 0 Å². The van der Waals surface area contributed by atoms with E-state index in [0.29, 0.717) is 11.3 Å². The minimum Gasteiger partial charge on any atom is -0.300 e. The van der Waals surface area contributed by atoms with E-state index in [-0.39, 0.29) is 5.71 Å². The third kappa shape index (κ3) is 6.65. The summed E-state index contributed by atoms with van der Waals surface area (Å²) in [5.74, 6) is 0. The Bertz CT molecular complexity index is 2930. The van der Waals surface area contributed by atoms with Crippen LogP contribution in [0.15, 0.2) is 245 Å². The Morgan fingerprint density at radius 3 is 2.12 bits per heavy atom. The van der Waals surface area contributed by atoms with E-state index in [1.807, 2.05) is 67.2 Å². The Morgan fingerprint density at radius 1 is 0.717 bits per heavy atom. The Morgan fingerprint density at radius 2 is 1.38 bits per heavy atom. The molecule has 9 rings (SSSR count). The molecule has 0 saturated carbocycles. The first-order valence-corrected chi connectivity index (χ1v) is 20.9. The number of hydrogen-bond donors (Lipinski definition) is 1. The zero-order chi connectivity index (χ0) is 41.2. The fraction of sp³-hybridized carbons (Fsp3) is 0.0536. The second kappa shape index (κ2) is 16.2. The van der Waals surface area contributed by atoms with Crippen LogP contribution in [0.25, 0.3) is 38.7 Å². The third-order valence-corrected chi connectivity index (χ3v) is 12.9. The van der Waals surface area contributed by atoms with Gasteiger partial charge in [-0.15, -0.1) is 0 Å². The summed E-state index contributed by atoms with van der Waals surface area (Å²) in [5, 5.41) is 11.3. The number of aliphatic imine (C=N–C) groups is 1. The van der Waals surface area contributed by atoms with Gasteiger partial charge in [0.2, 0.25) is 0 Å². The smallest absolute Gasteiger partial charge is 0.0735 e. The molecule has 288 valence electrons. The Labute approximate surface area is 356 Å². The third-order valence-electron chi connectivity index (χ3n) is 11.6. The number of hydrogen-bond acceptors (Lipinski definition) is 4. The van der Waals surface area contributed by atoms with Gasteiger partial charge in [0.05, 0.1) is 16.8 Å². The molecule has 0 saturated heterocycles. The van der Waals surface area contributed by atoms with Gasteiger partial charge < -0.3 is 5.41 Å². The summed E-state index contributed by atoms with van der Waals surface area (Å²) < 4.78 is 0. The van der Waals surface area contributed by atoms with Crippen molar-refractivity contribution in [1.82, 2.24) is 4.98 Å². The van der Waals surface area contributed by atoms with Gasteiger partial charge in [-0.2, -0.15) is 0 Å². The Hall–Kier alpha value is -7.14. The summed E-state index contributed by atoms with van der Waals surface area (Å²) in [6.45, 7) is 18.1. The highest BCUT2D eigenvalue weighted by Gasteiger charge is 2.51. The molecule has 1 aliphatic heterocycles. The van der Waals surface area contributed by atoms with Crippen molar-refractivity contribution in [2.75, 3.05) is 0 Å². The summed E-state index contributed by atoms with van der Waals surface area (Å²) in [5.41, 5.74) is 13.7. The summed E-state index contributed by atoms with van der Waals surface area (Å²) >= 11 is 1.72. The number of nitrogens with one attached hydrogen (secondary N) is 1. The number of benzene rings is 5. The van der Waals surface area contributed by atoms with Crippen LogP contribution in [-0.2, 0) is 5.41 Å². The number of rotatable bonds is 11. The van der Waals surface area contributed by atoms with Crippen molar-refractivity contribution < 1.29 is 0 Å². The fourth-order valence-corrected chi connectivity index (χ4v) is 10.1. The molecule has 2 aliphatic carbocycles. The Kier molecular flexibility index (Phi) is 10.4. The number of nitrogens with zero attached hydrogens (tertiary/aromatic N) is 2. The van der Waals surface area contributed by atoms with Crippen LogP contribution in [0.3, 0.4) is 0 Å². The van der Waals surface area contributed by atoms with Gasteiger partial charge in [0.1, 0.15) is 0 Å². The van der Waals surface area contributed by atoms with Gasteiger partial charge in [0.15, 0.2) is 0 Å². The molecule has 5 aromatic carbocycles. The zero-order valence-corrected chi connectivity index (χ0v) is 34.2. The molecule has 0 amide bonds. The van der Waals surface area contributed by atoms with Crippen LogP contribution in [0.5, 0.6) is 0 Å². The summed E-state index contributed by atoms with van der Waals surface area (Å²) in [6.07, 6.45) is 21.7. The van der Waals surface area contributed by atoms with E-state index in [1.165, 1.54) is 27.8 Å². The minimum atomic E-state index is -0.662. The molecule has 2 heterocycles. The van der Waals surface area contributed by atoms with Crippen molar-refractivity contribution in [3.63, 3.8) is 0 Å². The maximum atomic E-state index is 9.08. The highest BCUT2D eigenvalue weighted by molar-refractivity contribution is 8.03. The van der Waals surface area contributed by atoms with Gasteiger partial charge in [0, 0.05) is 39.4 Å². The lowest BCUT2D eigenvalue weighted by Crippen LogP contribution is -2.33. The van der Waals surface area contributed by atoms with E-state index in [1.54, 1.807) is 17.8 Å². The first kappa shape index (κ1) is 38.4. The predicted molar refractivity (Wildman–Crippen MR) is 256 cm³/mol. The highest BCUT2D eigenvalue weighted by atomic mass is 32.2. The van der Waals surface area contributed by atoms with E-state index in [9.17, 15) is 0 Å². The van der Waals surface area contributed by atoms with Crippen LogP contribution in [-0.4, -0.2) is 16.9 Å². The molecule has 3 aliphatic rings. The average molecular weight is 790 g/mol. The van der Waals surface area contributed by atoms with Crippen molar-refractivity contribution in [2.45, 2.75) is 23.2 Å². The molecule has 4 heteroatoms. The molecule has 0 unspecified atom stereocenters. The number of fused-ring (bicyclic) bond motifs is 8. The molecule has 0 atom stereocenters. The standard InChI is InChI=1S/C56H43N3S/c1-5-48-54(39(4)37(2)30-31-38(3)52(57)34-53(42-20-10-7-11-21-42)59-35-40-18-8-6-9-19-40)60-55-46(43-25-16-22-41-32-33-58-36-47(41)43)26-17-29-51(55)56(48)49-27-14-12-23-44(49)45-24-13-15-28-50(45)56/h5,7-8,10-36,57H,1-4,6,9H2/b31-30-,53-34-,57-52?,59-35?. The summed E-state index contributed by atoms with van der Waals surface area (Å²) in [4.78, 5) is 11.5. The van der Waals surface area contributed by atoms with Crippen molar-refractivity contribution in [3.05, 3.63) is 258 Å². The second-order valence-electron chi connectivity index (χ2n) is 15.1. The van der Waals surface area contributed by atoms with Crippen molar-refractivity contribution >= 4 is 40.2 Å². The van der Waals surface area contributed by atoms with Crippen molar-refractivity contribution in [3.8, 4) is 22.3 Å². The summed E-state index contributed by atoms with van der Waals surface area (Å²) in [6, 6.07) is 42.7. The number of thioether (sulfide) groups is 1. The van der Waals surface area contributed by atoms with Gasteiger partial charge >= 0.3 is 0 Å². The molecular formula is C56H43N3S.